The topological polar surface area (TPSA) is 136 Å². The molecule has 1 aliphatic heterocycles. The van der Waals surface area contributed by atoms with Gasteiger partial charge in [0.15, 0.2) is 0 Å². The maximum absolute atomic E-state index is 9.58. The summed E-state index contributed by atoms with van der Waals surface area (Å²) in [6, 6.07) is 13.9. The van der Waals surface area contributed by atoms with E-state index in [1.54, 1.807) is 37.4 Å². The Morgan fingerprint density at radius 3 is 2.55 bits per heavy atom. The molecule has 1 fully saturated rings. The number of hydrogen-bond donors (Lipinski definition) is 1. The van der Waals surface area contributed by atoms with Gasteiger partial charge in [0, 0.05) is 31.6 Å². The van der Waals surface area contributed by atoms with Crippen LogP contribution in [0.25, 0.3) is 11.1 Å². The number of piperidine rings is 1. The Bertz CT molecular complexity index is 1480. The molecule has 1 aliphatic rings. The Morgan fingerprint density at radius 1 is 1.05 bits per heavy atom. The normalized spacial score (nSPS) is 14.7. The molecule has 12 heteroatoms. The number of nitrogens with zero attached hydrogens (tertiary/aromatic N) is 8. The first-order valence-corrected chi connectivity index (χ1v) is 14.0. The first-order chi connectivity index (χ1) is 20.6. The number of anilines is 2. The van der Waals surface area contributed by atoms with Crippen molar-refractivity contribution in [3.63, 3.8) is 0 Å². The van der Waals surface area contributed by atoms with Crippen molar-refractivity contribution < 1.29 is 14.2 Å². The van der Waals surface area contributed by atoms with Crippen molar-refractivity contribution in [2.75, 3.05) is 45.8 Å². The molecule has 0 spiro atoms. The van der Waals surface area contributed by atoms with Crippen LogP contribution in [0, 0.1) is 11.3 Å². The number of aromatic nitrogens is 6. The summed E-state index contributed by atoms with van der Waals surface area (Å²) in [4.78, 5) is 11.5. The molecule has 1 unspecified atom stereocenters. The number of methoxy groups -OCH3 is 2. The van der Waals surface area contributed by atoms with Crippen LogP contribution in [0.4, 0.5) is 11.6 Å². The minimum Gasteiger partial charge on any atom is -0.495 e. The molecule has 2 aromatic carbocycles. The monoisotopic (exact) mass is 569 g/mol. The van der Waals surface area contributed by atoms with E-state index in [1.165, 1.54) is 11.9 Å². The van der Waals surface area contributed by atoms with Gasteiger partial charge in [-0.25, -0.2) is 14.6 Å². The Balaban J connectivity index is 1.24. The van der Waals surface area contributed by atoms with Crippen molar-refractivity contribution in [1.82, 2.24) is 35.1 Å². The number of hydrogen-bond acceptors (Lipinski definition) is 11. The van der Waals surface area contributed by atoms with Crippen LogP contribution in [0.1, 0.15) is 36.8 Å². The predicted octanol–water partition coefficient (Wildman–Crippen LogP) is 4.05. The van der Waals surface area contributed by atoms with Crippen molar-refractivity contribution in [3.8, 4) is 28.7 Å². The van der Waals surface area contributed by atoms with Crippen LogP contribution in [-0.4, -0.2) is 81.6 Å². The number of likely N-dealkylation sites (tertiary alicyclic amines) is 1. The maximum atomic E-state index is 9.58. The van der Waals surface area contributed by atoms with Gasteiger partial charge < -0.3 is 24.4 Å². The fourth-order valence-corrected chi connectivity index (χ4v) is 5.11. The molecule has 0 aliphatic carbocycles. The molecule has 5 rings (SSSR count). The number of ether oxygens (including phenoxy) is 3. The summed E-state index contributed by atoms with van der Waals surface area (Å²) in [5.41, 5.74) is 4.15. The molecular weight excluding hydrogens is 534 g/mol. The second kappa shape index (κ2) is 13.8. The molecule has 3 heterocycles. The van der Waals surface area contributed by atoms with Gasteiger partial charge in [0.1, 0.15) is 30.0 Å². The summed E-state index contributed by atoms with van der Waals surface area (Å²) >= 11 is 0. The summed E-state index contributed by atoms with van der Waals surface area (Å²) in [5, 5.41) is 24.0. The van der Waals surface area contributed by atoms with E-state index in [-0.39, 0.29) is 6.10 Å². The lowest BCUT2D eigenvalue weighted by Gasteiger charge is -2.32. The molecule has 1 saturated heterocycles. The van der Waals surface area contributed by atoms with Crippen LogP contribution in [0.5, 0.6) is 11.5 Å². The zero-order chi connectivity index (χ0) is 29.3. The smallest absolute Gasteiger partial charge is 0.227 e. The van der Waals surface area contributed by atoms with E-state index in [2.05, 4.69) is 53.9 Å². The number of benzene rings is 2. The van der Waals surface area contributed by atoms with Gasteiger partial charge in [-0.05, 0) is 84.6 Å². The third-order valence-corrected chi connectivity index (χ3v) is 7.39. The highest BCUT2D eigenvalue weighted by atomic mass is 16.5. The van der Waals surface area contributed by atoms with Crippen molar-refractivity contribution >= 4 is 11.6 Å². The van der Waals surface area contributed by atoms with Crippen LogP contribution >= 0.6 is 0 Å². The van der Waals surface area contributed by atoms with Gasteiger partial charge >= 0.3 is 0 Å². The average Bonchev–Trinajstić information content (AvgIpc) is 3.53. The number of rotatable bonds is 12. The molecule has 1 N–H and O–H groups in total. The van der Waals surface area contributed by atoms with E-state index in [1.807, 2.05) is 25.1 Å². The van der Waals surface area contributed by atoms with E-state index < -0.39 is 0 Å². The van der Waals surface area contributed by atoms with Crippen LogP contribution in [-0.2, 0) is 11.3 Å². The Kier molecular flexibility index (Phi) is 9.53. The van der Waals surface area contributed by atoms with Crippen molar-refractivity contribution in [2.24, 2.45) is 0 Å². The van der Waals surface area contributed by atoms with E-state index in [9.17, 15) is 5.26 Å². The quantitative estimate of drug-likeness (QED) is 0.265. The molecule has 12 nitrogen and oxygen atoms in total. The van der Waals surface area contributed by atoms with Crippen LogP contribution < -0.4 is 14.8 Å². The number of tetrazole rings is 1. The standard InChI is InChI=1S/C30H35N9O3/c1-21(19-39-20-34-36-37-39)42-28-14-24(4-5-25(28)16-31)26-17-32-30(33-18-26)35-27-7-6-23(15-29(27)41-3)22-8-10-38(11-9-22)12-13-40-2/h4-7,14-15,17-18,20-22H,8-13,19H2,1-3H3,(H,32,33,35). The predicted molar refractivity (Wildman–Crippen MR) is 157 cm³/mol. The van der Waals surface area contributed by atoms with Crippen molar-refractivity contribution in [3.05, 3.63) is 66.2 Å². The minimum absolute atomic E-state index is 0.256. The third kappa shape index (κ3) is 7.18. The number of nitrogens with one attached hydrogen (secondary N) is 1. The first-order valence-electron chi connectivity index (χ1n) is 14.0. The molecule has 42 heavy (non-hydrogen) atoms. The summed E-state index contributed by atoms with van der Waals surface area (Å²) in [6.07, 6.45) is 6.98. The number of nitriles is 1. The largest absolute Gasteiger partial charge is 0.495 e. The van der Waals surface area contributed by atoms with Crippen molar-refractivity contribution in [2.45, 2.75) is 38.3 Å². The van der Waals surface area contributed by atoms with Crippen molar-refractivity contribution in [1.29, 1.82) is 5.26 Å². The maximum Gasteiger partial charge on any atom is 0.227 e. The van der Waals surface area contributed by atoms with Gasteiger partial charge in [-0.2, -0.15) is 5.26 Å². The fraction of sp³-hybridized carbons (Fsp3) is 0.400. The van der Waals surface area contributed by atoms with Gasteiger partial charge in [0.2, 0.25) is 5.95 Å². The molecule has 0 saturated carbocycles. The second-order valence-corrected chi connectivity index (χ2v) is 10.3. The molecule has 1 atom stereocenters. The Hall–Kier alpha value is -4.60. The fourth-order valence-electron chi connectivity index (χ4n) is 5.11. The van der Waals surface area contributed by atoms with Gasteiger partial charge in [0.25, 0.3) is 0 Å². The van der Waals surface area contributed by atoms with E-state index >= 15 is 0 Å². The van der Waals surface area contributed by atoms with E-state index in [4.69, 9.17) is 14.2 Å². The SMILES string of the molecule is COCCN1CCC(c2ccc(Nc3ncc(-c4ccc(C#N)c(OC(C)Cn5cnnn5)c4)cn3)c(OC)c2)CC1. The highest BCUT2D eigenvalue weighted by molar-refractivity contribution is 5.68. The zero-order valence-electron chi connectivity index (χ0n) is 24.1. The highest BCUT2D eigenvalue weighted by Gasteiger charge is 2.21. The minimum atomic E-state index is -0.256. The molecule has 4 aromatic rings. The van der Waals surface area contributed by atoms with Crippen LogP contribution in [0.15, 0.2) is 55.1 Å². The second-order valence-electron chi connectivity index (χ2n) is 10.3. The zero-order valence-corrected chi connectivity index (χ0v) is 24.1. The molecular formula is C30H35N9O3. The van der Waals surface area contributed by atoms with Crippen LogP contribution in [0.2, 0.25) is 0 Å². The van der Waals surface area contributed by atoms with Gasteiger partial charge in [0.05, 0.1) is 31.5 Å². The summed E-state index contributed by atoms with van der Waals surface area (Å²) in [5.74, 6) is 2.19. The first kappa shape index (κ1) is 28.9. The summed E-state index contributed by atoms with van der Waals surface area (Å²) in [7, 11) is 3.43. The molecule has 0 radical (unpaired) electrons. The lowest BCUT2D eigenvalue weighted by molar-refractivity contribution is 0.130. The van der Waals surface area contributed by atoms with E-state index in [0.717, 1.165) is 61.6 Å². The molecule has 0 bridgehead atoms. The van der Waals surface area contributed by atoms with Crippen LogP contribution in [0.3, 0.4) is 0 Å². The lowest BCUT2D eigenvalue weighted by Crippen LogP contribution is -2.35. The summed E-state index contributed by atoms with van der Waals surface area (Å²) in [6.45, 7) is 6.24. The van der Waals surface area contributed by atoms with Gasteiger partial charge in [-0.3, -0.25) is 0 Å². The molecule has 218 valence electrons. The van der Waals surface area contributed by atoms with Gasteiger partial charge in [-0.1, -0.05) is 12.1 Å². The highest BCUT2D eigenvalue weighted by Crippen LogP contribution is 2.35. The Labute approximate surface area is 245 Å². The Morgan fingerprint density at radius 2 is 1.86 bits per heavy atom. The van der Waals surface area contributed by atoms with Gasteiger partial charge in [-0.15, -0.1) is 5.10 Å². The van der Waals surface area contributed by atoms with E-state index in [0.29, 0.717) is 29.7 Å². The third-order valence-electron chi connectivity index (χ3n) is 7.39. The molecule has 2 aromatic heterocycles. The summed E-state index contributed by atoms with van der Waals surface area (Å²) < 4.78 is 18.6. The molecule has 0 amide bonds. The average molecular weight is 570 g/mol. The lowest BCUT2D eigenvalue weighted by atomic mass is 9.89.